The Hall–Kier alpha value is -2.31. The predicted molar refractivity (Wildman–Crippen MR) is 59.7 cm³/mol. The van der Waals surface area contributed by atoms with E-state index < -0.39 is 18.1 Å². The number of amides is 1. The van der Waals surface area contributed by atoms with Gasteiger partial charge in [-0.25, -0.2) is 14.3 Å². The maximum Gasteiger partial charge on any atom is 0.413 e. The van der Waals surface area contributed by atoms with Crippen LogP contribution in [0.1, 0.15) is 13.0 Å². The molecule has 0 fully saturated rings. The monoisotopic (exact) mass is 239 g/mol. The van der Waals surface area contributed by atoms with E-state index in [0.29, 0.717) is 0 Å². The minimum atomic E-state index is -1.05. The van der Waals surface area contributed by atoms with Crippen molar-refractivity contribution in [3.05, 3.63) is 24.9 Å². The van der Waals surface area contributed by atoms with Crippen molar-refractivity contribution in [1.82, 2.24) is 9.78 Å². The van der Waals surface area contributed by atoms with Crippen molar-refractivity contribution in [2.75, 3.05) is 11.9 Å². The molecule has 0 bridgehead atoms. The minimum absolute atomic E-state index is 0.0778. The van der Waals surface area contributed by atoms with Gasteiger partial charge in [0.25, 0.3) is 0 Å². The van der Waals surface area contributed by atoms with Gasteiger partial charge in [-0.1, -0.05) is 12.7 Å². The number of carboxylic acid groups (broad SMARTS) is 1. The van der Waals surface area contributed by atoms with E-state index in [2.05, 4.69) is 17.0 Å². The molecule has 0 aliphatic rings. The summed E-state index contributed by atoms with van der Waals surface area (Å²) < 4.78 is 5.88. The van der Waals surface area contributed by atoms with Crippen molar-refractivity contribution in [1.29, 1.82) is 0 Å². The number of carbonyl (C=O) groups is 2. The molecule has 7 heteroatoms. The summed E-state index contributed by atoms with van der Waals surface area (Å²) in [6.45, 7) is 4.93. The van der Waals surface area contributed by atoms with E-state index >= 15 is 0 Å². The van der Waals surface area contributed by atoms with Gasteiger partial charge >= 0.3 is 12.1 Å². The lowest BCUT2D eigenvalue weighted by Gasteiger charge is -2.11. The summed E-state index contributed by atoms with van der Waals surface area (Å²) in [5.74, 6) is -0.787. The van der Waals surface area contributed by atoms with E-state index in [9.17, 15) is 9.59 Å². The van der Waals surface area contributed by atoms with Crippen molar-refractivity contribution in [3.8, 4) is 0 Å². The molecule has 1 aromatic heterocycles. The number of hydrogen-bond donors (Lipinski definition) is 2. The van der Waals surface area contributed by atoms with Crippen LogP contribution in [0.2, 0.25) is 0 Å². The number of ether oxygens (including phenoxy) is 1. The third-order valence-electron chi connectivity index (χ3n) is 1.96. The molecule has 0 saturated heterocycles. The molecule has 1 amide bonds. The van der Waals surface area contributed by atoms with Gasteiger partial charge in [0, 0.05) is 6.07 Å². The first-order chi connectivity index (χ1) is 8.06. The average Bonchev–Trinajstić information content (AvgIpc) is 2.73. The van der Waals surface area contributed by atoms with Crippen LogP contribution in [-0.4, -0.2) is 33.6 Å². The first-order valence-electron chi connectivity index (χ1n) is 4.87. The van der Waals surface area contributed by atoms with E-state index in [4.69, 9.17) is 9.84 Å². The molecule has 1 rings (SSSR count). The van der Waals surface area contributed by atoms with Crippen LogP contribution in [0, 0.1) is 0 Å². The molecule has 2 N–H and O–H groups in total. The Morgan fingerprint density at radius 2 is 2.47 bits per heavy atom. The Balaban J connectivity index is 2.72. The molecule has 0 spiro atoms. The lowest BCUT2D eigenvalue weighted by atomic mass is 10.3. The lowest BCUT2D eigenvalue weighted by Crippen LogP contribution is -2.22. The molecular formula is C10H13N3O4. The molecule has 7 nitrogen and oxygen atoms in total. The van der Waals surface area contributed by atoms with E-state index in [-0.39, 0.29) is 12.4 Å². The number of hydrogen-bond acceptors (Lipinski definition) is 4. The molecule has 1 unspecified atom stereocenters. The van der Waals surface area contributed by atoms with Crippen LogP contribution in [-0.2, 0) is 9.53 Å². The summed E-state index contributed by atoms with van der Waals surface area (Å²) in [6, 6.07) is 0.605. The number of carbonyl (C=O) groups excluding carboxylic acids is 1. The topological polar surface area (TPSA) is 93.5 Å². The van der Waals surface area contributed by atoms with E-state index in [1.54, 1.807) is 0 Å². The van der Waals surface area contributed by atoms with Crippen LogP contribution in [0.3, 0.4) is 0 Å². The summed E-state index contributed by atoms with van der Waals surface area (Å²) in [5.41, 5.74) is 0. The molecule has 1 atom stereocenters. The van der Waals surface area contributed by atoms with Crippen LogP contribution >= 0.6 is 0 Å². The highest BCUT2D eigenvalue weighted by atomic mass is 16.5. The molecule has 1 aromatic rings. The first-order valence-corrected chi connectivity index (χ1v) is 4.87. The molecule has 0 aliphatic carbocycles. The summed E-state index contributed by atoms with van der Waals surface area (Å²) in [5, 5.41) is 15.0. The van der Waals surface area contributed by atoms with Crippen molar-refractivity contribution < 1.29 is 19.4 Å². The number of anilines is 1. The van der Waals surface area contributed by atoms with E-state index in [0.717, 1.165) is 0 Å². The van der Waals surface area contributed by atoms with Crippen molar-refractivity contribution in [2.24, 2.45) is 0 Å². The smallest absolute Gasteiger partial charge is 0.413 e. The molecule has 0 aliphatic heterocycles. The average molecular weight is 239 g/mol. The largest absolute Gasteiger partial charge is 0.480 e. The molecule has 17 heavy (non-hydrogen) atoms. The van der Waals surface area contributed by atoms with Crippen molar-refractivity contribution >= 4 is 17.9 Å². The zero-order chi connectivity index (χ0) is 12.8. The Kier molecular flexibility index (Phi) is 4.27. The maximum absolute atomic E-state index is 11.2. The van der Waals surface area contributed by atoms with E-state index in [1.807, 2.05) is 0 Å². The molecule has 92 valence electrons. The van der Waals surface area contributed by atoms with Crippen LogP contribution in [0.15, 0.2) is 24.9 Å². The van der Waals surface area contributed by atoms with Gasteiger partial charge in [0.2, 0.25) is 0 Å². The normalized spacial score (nSPS) is 11.6. The third-order valence-corrected chi connectivity index (χ3v) is 1.96. The fourth-order valence-electron chi connectivity index (χ4n) is 1.10. The zero-order valence-electron chi connectivity index (χ0n) is 9.29. The van der Waals surface area contributed by atoms with Gasteiger partial charge in [-0.2, -0.15) is 5.10 Å². The number of aliphatic carboxylic acids is 1. The number of aromatic nitrogens is 2. The quantitative estimate of drug-likeness (QED) is 0.754. The minimum Gasteiger partial charge on any atom is -0.480 e. The molecule has 1 heterocycles. The Bertz CT molecular complexity index is 427. The van der Waals surface area contributed by atoms with Gasteiger partial charge in [-0.15, -0.1) is 0 Å². The van der Waals surface area contributed by atoms with Crippen LogP contribution in [0.5, 0.6) is 0 Å². The van der Waals surface area contributed by atoms with Gasteiger partial charge < -0.3 is 9.84 Å². The highest BCUT2D eigenvalue weighted by Crippen LogP contribution is 2.14. The van der Waals surface area contributed by atoms with Crippen molar-refractivity contribution in [3.63, 3.8) is 0 Å². The van der Waals surface area contributed by atoms with Crippen LogP contribution in [0.4, 0.5) is 10.6 Å². The standard InChI is InChI=1S/C10H13N3O4/c1-3-6-17-10(16)12-8-4-5-11-13(8)7(2)9(14)15/h3-5,7H,1,6H2,2H3,(H,12,16)(H,14,15). The fourth-order valence-corrected chi connectivity index (χ4v) is 1.10. The summed E-state index contributed by atoms with van der Waals surface area (Å²) in [4.78, 5) is 22.0. The molecule has 0 radical (unpaired) electrons. The number of nitrogens with one attached hydrogen (secondary N) is 1. The fraction of sp³-hybridized carbons (Fsp3) is 0.300. The van der Waals surface area contributed by atoms with Crippen LogP contribution < -0.4 is 5.32 Å². The zero-order valence-corrected chi connectivity index (χ0v) is 9.29. The molecular weight excluding hydrogens is 226 g/mol. The van der Waals surface area contributed by atoms with E-state index in [1.165, 1.54) is 29.9 Å². The number of carboxylic acids is 1. The SMILES string of the molecule is C=CCOC(=O)Nc1ccnn1C(C)C(=O)O. The van der Waals surface area contributed by atoms with Gasteiger partial charge in [-0.3, -0.25) is 5.32 Å². The maximum atomic E-state index is 11.2. The Morgan fingerprint density at radius 3 is 3.06 bits per heavy atom. The highest BCUT2D eigenvalue weighted by Gasteiger charge is 2.18. The van der Waals surface area contributed by atoms with Gasteiger partial charge in [0.05, 0.1) is 6.20 Å². The van der Waals surface area contributed by atoms with Crippen molar-refractivity contribution in [2.45, 2.75) is 13.0 Å². The second-order valence-corrected chi connectivity index (χ2v) is 3.19. The third kappa shape index (κ3) is 3.33. The Morgan fingerprint density at radius 1 is 1.76 bits per heavy atom. The molecule has 0 saturated carbocycles. The van der Waals surface area contributed by atoms with Gasteiger partial charge in [0.1, 0.15) is 18.5 Å². The number of rotatable bonds is 5. The highest BCUT2D eigenvalue weighted by molar-refractivity contribution is 5.84. The van der Waals surface area contributed by atoms with Gasteiger partial charge in [-0.05, 0) is 6.92 Å². The van der Waals surface area contributed by atoms with Crippen LogP contribution in [0.25, 0.3) is 0 Å². The second-order valence-electron chi connectivity index (χ2n) is 3.19. The summed E-state index contributed by atoms with van der Waals surface area (Å²) >= 11 is 0. The summed E-state index contributed by atoms with van der Waals surface area (Å²) in [7, 11) is 0. The molecule has 0 aromatic carbocycles. The lowest BCUT2D eigenvalue weighted by molar-refractivity contribution is -0.140. The number of nitrogens with zero attached hydrogens (tertiary/aromatic N) is 2. The predicted octanol–water partition coefficient (Wildman–Crippen LogP) is 1.26. The van der Waals surface area contributed by atoms with Gasteiger partial charge in [0.15, 0.2) is 0 Å². The first kappa shape index (κ1) is 12.8. The second kappa shape index (κ2) is 5.69. The summed E-state index contributed by atoms with van der Waals surface area (Å²) in [6.07, 6.45) is 2.13. The Labute approximate surface area is 97.7 Å².